The van der Waals surface area contributed by atoms with Crippen molar-refractivity contribution in [1.29, 1.82) is 0 Å². The quantitative estimate of drug-likeness (QED) is 0.781. The van der Waals surface area contributed by atoms with Gasteiger partial charge in [-0.05, 0) is 25.0 Å². The first kappa shape index (κ1) is 19.7. The molecule has 4 rings (SSSR count). The van der Waals surface area contributed by atoms with Gasteiger partial charge in [-0.25, -0.2) is 9.98 Å². The molecule has 2 heterocycles. The number of hydrogen-bond donors (Lipinski definition) is 1. The van der Waals surface area contributed by atoms with E-state index in [4.69, 9.17) is 11.6 Å². The number of amides is 1. The van der Waals surface area contributed by atoms with Crippen molar-refractivity contribution in [1.82, 2.24) is 9.88 Å². The van der Waals surface area contributed by atoms with Gasteiger partial charge < -0.3 is 5.32 Å². The minimum atomic E-state index is -4.97. The predicted molar refractivity (Wildman–Crippen MR) is 104 cm³/mol. The molecule has 0 unspecified atom stereocenters. The normalized spacial score (nSPS) is 22.8. The van der Waals surface area contributed by atoms with E-state index in [1.165, 1.54) is 23.2 Å². The maximum atomic E-state index is 14.3. The molecule has 2 aromatic rings. The summed E-state index contributed by atoms with van der Waals surface area (Å²) < 4.78 is 42.9. The highest BCUT2D eigenvalue weighted by molar-refractivity contribution is 6.30. The van der Waals surface area contributed by atoms with Crippen molar-refractivity contribution in [3.63, 3.8) is 0 Å². The molecule has 1 aromatic heterocycles. The van der Waals surface area contributed by atoms with Gasteiger partial charge in [-0.3, -0.25) is 9.69 Å². The Bertz CT molecular complexity index is 927. The van der Waals surface area contributed by atoms with E-state index in [0.29, 0.717) is 18.4 Å². The molecule has 1 amide bonds. The van der Waals surface area contributed by atoms with E-state index >= 15 is 0 Å². The van der Waals surface area contributed by atoms with Gasteiger partial charge in [0.2, 0.25) is 0 Å². The number of rotatable bonds is 4. The summed E-state index contributed by atoms with van der Waals surface area (Å²) >= 11 is 5.78. The van der Waals surface area contributed by atoms with Crippen LogP contribution in [0.2, 0.25) is 5.02 Å². The van der Waals surface area contributed by atoms with Crippen LogP contribution in [0.15, 0.2) is 53.7 Å². The second kappa shape index (κ2) is 7.33. The summed E-state index contributed by atoms with van der Waals surface area (Å²) in [6.45, 7) is 0. The molecule has 152 valence electrons. The number of nitrogens with zero attached hydrogens (tertiary/aromatic N) is 3. The lowest BCUT2D eigenvalue weighted by Crippen LogP contribution is -2.59. The Labute approximate surface area is 170 Å². The van der Waals surface area contributed by atoms with Crippen molar-refractivity contribution in [2.24, 2.45) is 4.99 Å². The van der Waals surface area contributed by atoms with Gasteiger partial charge in [0, 0.05) is 17.8 Å². The predicted octanol–water partition coefficient (Wildman–Crippen LogP) is 4.64. The zero-order chi connectivity index (χ0) is 20.6. The number of aromatic nitrogens is 1. The molecule has 1 aromatic carbocycles. The fourth-order valence-electron chi connectivity index (χ4n) is 3.80. The fraction of sp³-hybridized carbons (Fsp3) is 0.350. The molecule has 0 bridgehead atoms. The van der Waals surface area contributed by atoms with Crippen molar-refractivity contribution in [2.45, 2.75) is 43.6 Å². The van der Waals surface area contributed by atoms with Gasteiger partial charge in [0.1, 0.15) is 11.7 Å². The van der Waals surface area contributed by atoms with Crippen LogP contribution in [-0.2, 0) is 4.79 Å². The molecule has 0 spiro atoms. The minimum absolute atomic E-state index is 0.0290. The number of aliphatic imine (C=N–C) groups is 1. The lowest BCUT2D eigenvalue weighted by molar-refractivity contribution is -0.185. The molecule has 1 saturated carbocycles. The van der Waals surface area contributed by atoms with Crippen LogP contribution >= 0.6 is 11.6 Å². The Balaban J connectivity index is 1.84. The average Bonchev–Trinajstić information content (AvgIpc) is 3.31. The van der Waals surface area contributed by atoms with Crippen molar-refractivity contribution in [3.8, 4) is 0 Å². The lowest BCUT2D eigenvalue weighted by atomic mass is 10.1. The Morgan fingerprint density at radius 2 is 1.79 bits per heavy atom. The minimum Gasteiger partial charge on any atom is -0.331 e. The van der Waals surface area contributed by atoms with Gasteiger partial charge in [-0.1, -0.05) is 54.8 Å². The number of hydrogen-bond acceptors (Lipinski definition) is 4. The van der Waals surface area contributed by atoms with Crippen LogP contribution in [0.3, 0.4) is 0 Å². The standard InChI is InChI=1S/C20H18ClF3N4O/c21-14-10-11-16(25-12-14)26-19(20(22,23)24)18(29)28(15-8-4-5-9-15)17(27-19)13-6-2-1-3-7-13/h1-3,6-7,10-12,15H,4-5,8-9H2,(H,25,26)/t19-/m0/s1. The monoisotopic (exact) mass is 422 g/mol. The highest BCUT2D eigenvalue weighted by Crippen LogP contribution is 2.42. The highest BCUT2D eigenvalue weighted by Gasteiger charge is 2.67. The van der Waals surface area contributed by atoms with E-state index in [-0.39, 0.29) is 22.7 Å². The topological polar surface area (TPSA) is 57.6 Å². The van der Waals surface area contributed by atoms with Crippen LogP contribution in [-0.4, -0.2) is 39.5 Å². The summed E-state index contributed by atoms with van der Waals surface area (Å²) in [5.74, 6) is -1.24. The molecule has 2 aliphatic rings. The van der Waals surface area contributed by atoms with Gasteiger partial charge in [0.15, 0.2) is 0 Å². The summed E-state index contributed by atoms with van der Waals surface area (Å²) in [5.41, 5.74) is -2.67. The van der Waals surface area contributed by atoms with Crippen LogP contribution in [0.25, 0.3) is 0 Å². The molecule has 1 aliphatic heterocycles. The molecule has 29 heavy (non-hydrogen) atoms. The van der Waals surface area contributed by atoms with Crippen molar-refractivity contribution in [3.05, 3.63) is 59.2 Å². The van der Waals surface area contributed by atoms with E-state index in [0.717, 1.165) is 12.8 Å². The second-order valence-electron chi connectivity index (χ2n) is 7.11. The van der Waals surface area contributed by atoms with E-state index in [2.05, 4.69) is 15.3 Å². The summed E-state index contributed by atoms with van der Waals surface area (Å²) in [7, 11) is 0. The molecule has 5 nitrogen and oxygen atoms in total. The van der Waals surface area contributed by atoms with E-state index < -0.39 is 17.7 Å². The first-order valence-electron chi connectivity index (χ1n) is 9.27. The van der Waals surface area contributed by atoms with Crippen molar-refractivity contribution >= 4 is 29.2 Å². The molecule has 1 N–H and O–H groups in total. The number of carbonyl (C=O) groups is 1. The van der Waals surface area contributed by atoms with Crippen molar-refractivity contribution in [2.75, 3.05) is 5.32 Å². The third-order valence-corrected chi connectivity index (χ3v) is 5.42. The number of pyridine rings is 1. The Hall–Kier alpha value is -2.61. The van der Waals surface area contributed by atoms with Gasteiger partial charge in [0.25, 0.3) is 5.91 Å². The van der Waals surface area contributed by atoms with E-state index in [9.17, 15) is 18.0 Å². The number of nitrogens with one attached hydrogen (secondary N) is 1. The summed E-state index contributed by atoms with van der Waals surface area (Å²) in [6, 6.07) is 10.9. The number of amidine groups is 1. The second-order valence-corrected chi connectivity index (χ2v) is 7.55. The lowest BCUT2D eigenvalue weighted by Gasteiger charge is -2.31. The largest absolute Gasteiger partial charge is 0.442 e. The SMILES string of the molecule is O=C1N(C2CCCC2)C(c2ccccc2)=N[C@]1(Nc1ccc(Cl)cn1)C(F)(F)F. The number of benzene rings is 1. The maximum Gasteiger partial charge on any atom is 0.442 e. The molecular weight excluding hydrogens is 405 g/mol. The molecule has 1 fully saturated rings. The van der Waals surface area contributed by atoms with Crippen LogP contribution in [0.5, 0.6) is 0 Å². The van der Waals surface area contributed by atoms with Gasteiger partial charge in [0.05, 0.1) is 5.02 Å². The third-order valence-electron chi connectivity index (χ3n) is 5.20. The van der Waals surface area contributed by atoms with E-state index in [1.54, 1.807) is 30.3 Å². The van der Waals surface area contributed by atoms with Crippen molar-refractivity contribution < 1.29 is 18.0 Å². The van der Waals surface area contributed by atoms with Gasteiger partial charge >= 0.3 is 11.8 Å². The molecule has 0 radical (unpaired) electrons. The number of carbonyl (C=O) groups excluding carboxylic acids is 1. The number of alkyl halides is 3. The average molecular weight is 423 g/mol. The molecule has 1 aliphatic carbocycles. The molecule has 1 atom stereocenters. The number of anilines is 1. The Morgan fingerprint density at radius 3 is 2.38 bits per heavy atom. The van der Waals surface area contributed by atoms with E-state index in [1.807, 2.05) is 0 Å². The Morgan fingerprint density at radius 1 is 1.10 bits per heavy atom. The summed E-state index contributed by atoms with van der Waals surface area (Å²) in [6.07, 6.45) is -0.748. The van der Waals surface area contributed by atoms with Gasteiger partial charge in [-0.15, -0.1) is 0 Å². The van der Waals surface area contributed by atoms with Gasteiger partial charge in [-0.2, -0.15) is 13.2 Å². The smallest absolute Gasteiger partial charge is 0.331 e. The Kier molecular flexibility index (Phi) is 4.98. The first-order valence-corrected chi connectivity index (χ1v) is 9.65. The maximum absolute atomic E-state index is 14.3. The van der Waals surface area contributed by atoms with Crippen LogP contribution in [0.4, 0.5) is 19.0 Å². The fourth-order valence-corrected chi connectivity index (χ4v) is 3.91. The summed E-state index contributed by atoms with van der Waals surface area (Å²) in [4.78, 5) is 22.4. The molecular formula is C20H18ClF3N4O. The van der Waals surface area contributed by atoms with Crippen LogP contribution in [0.1, 0.15) is 31.2 Å². The van der Waals surface area contributed by atoms with Crippen LogP contribution in [0, 0.1) is 0 Å². The molecule has 9 heteroatoms. The first-order chi connectivity index (χ1) is 13.8. The third kappa shape index (κ3) is 3.46. The number of halogens is 4. The van der Waals surface area contributed by atoms with Crippen LogP contribution < -0.4 is 5.32 Å². The zero-order valence-electron chi connectivity index (χ0n) is 15.3. The molecule has 0 saturated heterocycles. The zero-order valence-corrected chi connectivity index (χ0v) is 16.0. The summed E-state index contributed by atoms with van der Waals surface area (Å²) in [5, 5.41) is 2.52. The highest BCUT2D eigenvalue weighted by atomic mass is 35.5.